The normalized spacial score (nSPS) is 16.7. The molecule has 0 unspecified atom stereocenters. The molecule has 5 nitrogen and oxygen atoms in total. The fourth-order valence-electron chi connectivity index (χ4n) is 1.79. The zero-order valence-electron chi connectivity index (χ0n) is 9.77. The van der Waals surface area contributed by atoms with Crippen LogP contribution >= 0.6 is 0 Å². The molecule has 18 heavy (non-hydrogen) atoms. The van der Waals surface area contributed by atoms with Crippen LogP contribution in [0.25, 0.3) is 12.0 Å². The molecule has 0 aromatic carbocycles. The fourth-order valence-corrected chi connectivity index (χ4v) is 1.79. The van der Waals surface area contributed by atoms with Crippen molar-refractivity contribution in [3.8, 4) is 5.95 Å². The summed E-state index contributed by atoms with van der Waals surface area (Å²) in [5.74, 6) is 0.649. The minimum absolute atomic E-state index is 0.245. The monoisotopic (exact) mass is 243 g/mol. The lowest BCUT2D eigenvalue weighted by atomic mass is 10.3. The van der Waals surface area contributed by atoms with Gasteiger partial charge in [-0.15, -0.1) is 0 Å². The lowest BCUT2D eigenvalue weighted by Crippen LogP contribution is -2.03. The Kier molecular flexibility index (Phi) is 3.16. The Hall–Kier alpha value is -1.98. The zero-order valence-corrected chi connectivity index (χ0v) is 9.77. The van der Waals surface area contributed by atoms with Gasteiger partial charge >= 0.3 is 0 Å². The van der Waals surface area contributed by atoms with E-state index in [0.717, 1.165) is 5.69 Å². The van der Waals surface area contributed by atoms with Gasteiger partial charge in [0, 0.05) is 24.3 Å². The summed E-state index contributed by atoms with van der Waals surface area (Å²) in [6.07, 6.45) is 8.96. The van der Waals surface area contributed by atoms with Crippen molar-refractivity contribution in [1.29, 1.82) is 0 Å². The topological polar surface area (TPSA) is 49.2 Å². The van der Waals surface area contributed by atoms with Gasteiger partial charge in [-0.3, -0.25) is 4.57 Å². The molecule has 1 fully saturated rings. The van der Waals surface area contributed by atoms with Gasteiger partial charge < -0.3 is 9.47 Å². The largest absolute Gasteiger partial charge is 0.347 e. The summed E-state index contributed by atoms with van der Waals surface area (Å²) in [5.41, 5.74) is 0.986. The van der Waals surface area contributed by atoms with Crippen LogP contribution in [0, 0.1) is 0 Å². The van der Waals surface area contributed by atoms with Gasteiger partial charge in [-0.25, -0.2) is 9.97 Å². The van der Waals surface area contributed by atoms with Crippen molar-refractivity contribution in [3.63, 3.8) is 0 Å². The van der Waals surface area contributed by atoms with Gasteiger partial charge in [-0.05, 0) is 30.4 Å². The third-order valence-electron chi connectivity index (χ3n) is 2.62. The van der Waals surface area contributed by atoms with E-state index >= 15 is 0 Å². The molecule has 3 rings (SSSR count). The van der Waals surface area contributed by atoms with E-state index in [1.165, 1.54) is 0 Å². The molecule has 0 aliphatic carbocycles. The number of rotatable bonds is 3. The smallest absolute Gasteiger partial charge is 0.234 e. The summed E-state index contributed by atoms with van der Waals surface area (Å²) in [5, 5.41) is 0. The molecule has 0 saturated carbocycles. The second kappa shape index (κ2) is 5.12. The van der Waals surface area contributed by atoms with Crippen LogP contribution in [0.4, 0.5) is 0 Å². The summed E-state index contributed by atoms with van der Waals surface area (Å²) >= 11 is 0. The SMILES string of the molecule is C(=C\C1OCCO1)/c1cccn1-c1ncccn1. The molecule has 0 atom stereocenters. The highest BCUT2D eigenvalue weighted by molar-refractivity contribution is 5.48. The van der Waals surface area contributed by atoms with E-state index < -0.39 is 0 Å². The van der Waals surface area contributed by atoms with Crippen molar-refractivity contribution in [2.75, 3.05) is 13.2 Å². The van der Waals surface area contributed by atoms with Crippen molar-refractivity contribution in [1.82, 2.24) is 14.5 Å². The van der Waals surface area contributed by atoms with Crippen molar-refractivity contribution >= 4 is 6.08 Å². The third kappa shape index (κ3) is 2.32. The van der Waals surface area contributed by atoms with Crippen molar-refractivity contribution in [2.24, 2.45) is 0 Å². The van der Waals surface area contributed by atoms with Crippen LogP contribution in [0.3, 0.4) is 0 Å². The van der Waals surface area contributed by atoms with Crippen LogP contribution in [-0.2, 0) is 9.47 Å². The van der Waals surface area contributed by atoms with Gasteiger partial charge in [0.2, 0.25) is 5.95 Å². The molecule has 3 heterocycles. The second-order valence-electron chi connectivity index (χ2n) is 3.82. The zero-order chi connectivity index (χ0) is 12.2. The standard InChI is InChI=1S/C13H13N3O2/c1-3-11(4-5-12-17-9-10-18-12)16(8-1)13-14-6-2-7-15-13/h1-8,12H,9-10H2/b5-4+. The van der Waals surface area contributed by atoms with Gasteiger partial charge in [0.15, 0.2) is 6.29 Å². The first kappa shape index (κ1) is 11.1. The molecule has 2 aromatic rings. The molecule has 0 bridgehead atoms. The van der Waals surface area contributed by atoms with Crippen LogP contribution in [0.5, 0.6) is 0 Å². The number of hydrogen-bond acceptors (Lipinski definition) is 4. The Morgan fingerprint density at radius 3 is 2.72 bits per heavy atom. The average molecular weight is 243 g/mol. The maximum absolute atomic E-state index is 5.35. The summed E-state index contributed by atoms with van der Waals surface area (Å²) in [7, 11) is 0. The number of ether oxygens (including phenoxy) is 2. The predicted molar refractivity (Wildman–Crippen MR) is 66.1 cm³/mol. The maximum Gasteiger partial charge on any atom is 0.234 e. The number of hydrogen-bond donors (Lipinski definition) is 0. The highest BCUT2D eigenvalue weighted by Gasteiger charge is 2.12. The lowest BCUT2D eigenvalue weighted by molar-refractivity contribution is -0.000920. The molecular weight excluding hydrogens is 230 g/mol. The Labute approximate surface area is 105 Å². The molecule has 0 amide bonds. The Morgan fingerprint density at radius 1 is 1.17 bits per heavy atom. The van der Waals surface area contributed by atoms with E-state index in [9.17, 15) is 0 Å². The van der Waals surface area contributed by atoms with Gasteiger partial charge in [0.1, 0.15) is 0 Å². The minimum atomic E-state index is -0.245. The van der Waals surface area contributed by atoms with Gasteiger partial charge in [-0.2, -0.15) is 0 Å². The van der Waals surface area contributed by atoms with Gasteiger partial charge in [0.05, 0.1) is 13.2 Å². The van der Waals surface area contributed by atoms with Crippen molar-refractivity contribution in [2.45, 2.75) is 6.29 Å². The number of nitrogens with zero attached hydrogens (tertiary/aromatic N) is 3. The molecule has 1 aliphatic heterocycles. The van der Waals surface area contributed by atoms with E-state index in [1.807, 2.05) is 35.0 Å². The van der Waals surface area contributed by atoms with E-state index in [0.29, 0.717) is 19.2 Å². The molecule has 5 heteroatoms. The highest BCUT2D eigenvalue weighted by Crippen LogP contribution is 2.12. The van der Waals surface area contributed by atoms with Gasteiger partial charge in [0.25, 0.3) is 0 Å². The quantitative estimate of drug-likeness (QED) is 0.822. The second-order valence-corrected chi connectivity index (χ2v) is 3.82. The predicted octanol–water partition coefficient (Wildman–Crippen LogP) is 1.65. The van der Waals surface area contributed by atoms with Crippen LogP contribution in [0.2, 0.25) is 0 Å². The van der Waals surface area contributed by atoms with Crippen LogP contribution < -0.4 is 0 Å². The first-order valence-corrected chi connectivity index (χ1v) is 5.80. The summed E-state index contributed by atoms with van der Waals surface area (Å²) in [6, 6.07) is 5.73. The molecule has 92 valence electrons. The molecule has 0 spiro atoms. The van der Waals surface area contributed by atoms with Gasteiger partial charge in [-0.1, -0.05) is 0 Å². The van der Waals surface area contributed by atoms with Crippen LogP contribution in [-0.4, -0.2) is 34.0 Å². The molecule has 1 saturated heterocycles. The summed E-state index contributed by atoms with van der Waals surface area (Å²) in [4.78, 5) is 8.43. The fraction of sp³-hybridized carbons (Fsp3) is 0.231. The average Bonchev–Trinajstić information content (AvgIpc) is 3.09. The van der Waals surface area contributed by atoms with Crippen LogP contribution in [0.15, 0.2) is 42.9 Å². The molecular formula is C13H13N3O2. The molecule has 0 radical (unpaired) electrons. The first-order valence-electron chi connectivity index (χ1n) is 5.80. The minimum Gasteiger partial charge on any atom is -0.347 e. The van der Waals surface area contributed by atoms with Crippen molar-refractivity contribution < 1.29 is 9.47 Å². The van der Waals surface area contributed by atoms with E-state index in [1.54, 1.807) is 18.5 Å². The third-order valence-corrected chi connectivity index (χ3v) is 2.62. The Balaban J connectivity index is 1.83. The lowest BCUT2D eigenvalue weighted by Gasteiger charge is -2.05. The Bertz CT molecular complexity index is 530. The molecule has 1 aliphatic rings. The summed E-state index contributed by atoms with van der Waals surface area (Å²) in [6.45, 7) is 1.30. The van der Waals surface area contributed by atoms with Crippen LogP contribution in [0.1, 0.15) is 5.69 Å². The molecule has 0 N–H and O–H groups in total. The summed E-state index contributed by atoms with van der Waals surface area (Å²) < 4.78 is 12.6. The maximum atomic E-state index is 5.35. The molecule has 2 aromatic heterocycles. The van der Waals surface area contributed by atoms with E-state index in [4.69, 9.17) is 9.47 Å². The van der Waals surface area contributed by atoms with E-state index in [-0.39, 0.29) is 6.29 Å². The first-order chi connectivity index (χ1) is 8.93. The highest BCUT2D eigenvalue weighted by atomic mass is 16.7. The Morgan fingerprint density at radius 2 is 1.94 bits per heavy atom. The number of aromatic nitrogens is 3. The van der Waals surface area contributed by atoms with Crippen molar-refractivity contribution in [3.05, 3.63) is 48.6 Å². The van der Waals surface area contributed by atoms with E-state index in [2.05, 4.69) is 9.97 Å².